The van der Waals surface area contributed by atoms with Crippen LogP contribution < -0.4 is 21.1 Å². The topological polar surface area (TPSA) is 167 Å². The summed E-state index contributed by atoms with van der Waals surface area (Å²) >= 11 is 1.26. The molecule has 1 aromatic carbocycles. The van der Waals surface area contributed by atoms with Crippen molar-refractivity contribution in [2.24, 2.45) is 11.7 Å². The Hall–Kier alpha value is -2.98. The van der Waals surface area contributed by atoms with Crippen LogP contribution in [0.15, 0.2) is 30.3 Å². The van der Waals surface area contributed by atoms with Gasteiger partial charge in [0.1, 0.15) is 29.6 Å². The quantitative estimate of drug-likeness (QED) is 0.164. The van der Waals surface area contributed by atoms with E-state index in [-0.39, 0.29) is 43.9 Å². The first-order valence-corrected chi connectivity index (χ1v) is 16.8. The van der Waals surface area contributed by atoms with Gasteiger partial charge >= 0.3 is 0 Å². The SMILES string of the molecule is CS(=O)(=O)N[C@H](CCC1CCNCC1)C(=O)N1C[C@H](OCc2ccc(F)cc2F)C[C@H]1C(=O)NCc1ccc(C(=N)N)s1. The summed E-state index contributed by atoms with van der Waals surface area (Å²) in [5.41, 5.74) is 5.66. The third-order valence-electron chi connectivity index (χ3n) is 7.68. The van der Waals surface area contributed by atoms with E-state index >= 15 is 0 Å². The fourth-order valence-corrected chi connectivity index (χ4v) is 6.97. The van der Waals surface area contributed by atoms with Crippen LogP contribution in [0, 0.1) is 23.0 Å². The monoisotopic (exact) mass is 640 g/mol. The van der Waals surface area contributed by atoms with Gasteiger partial charge in [0.15, 0.2) is 0 Å². The summed E-state index contributed by atoms with van der Waals surface area (Å²) in [4.78, 5) is 30.0. The van der Waals surface area contributed by atoms with Crippen LogP contribution >= 0.6 is 11.3 Å². The molecule has 2 aliphatic rings. The summed E-state index contributed by atoms with van der Waals surface area (Å²) in [7, 11) is -3.75. The van der Waals surface area contributed by atoms with E-state index in [0.717, 1.165) is 49.2 Å². The maximum Gasteiger partial charge on any atom is 0.243 e. The Morgan fingerprint density at radius 1 is 1.23 bits per heavy atom. The molecule has 0 bridgehead atoms. The molecule has 2 fully saturated rings. The van der Waals surface area contributed by atoms with Gasteiger partial charge in [-0.3, -0.25) is 15.0 Å². The molecule has 11 nitrogen and oxygen atoms in total. The lowest BCUT2D eigenvalue weighted by molar-refractivity contribution is -0.140. The van der Waals surface area contributed by atoms with Crippen molar-refractivity contribution in [3.63, 3.8) is 0 Å². The third kappa shape index (κ3) is 9.50. The van der Waals surface area contributed by atoms with Crippen molar-refractivity contribution in [1.82, 2.24) is 20.3 Å². The molecule has 1 aromatic heterocycles. The van der Waals surface area contributed by atoms with E-state index < -0.39 is 51.7 Å². The van der Waals surface area contributed by atoms with Crippen LogP contribution in [0.25, 0.3) is 0 Å². The number of likely N-dealkylation sites (tertiary alicyclic amines) is 1. The number of amidine groups is 1. The molecule has 0 radical (unpaired) electrons. The molecule has 3 heterocycles. The van der Waals surface area contributed by atoms with Gasteiger partial charge in [-0.1, -0.05) is 6.07 Å². The van der Waals surface area contributed by atoms with E-state index in [1.165, 1.54) is 22.3 Å². The molecule has 2 saturated heterocycles. The van der Waals surface area contributed by atoms with Gasteiger partial charge in [0, 0.05) is 29.5 Å². The van der Waals surface area contributed by atoms with Crippen LogP contribution in [0.4, 0.5) is 8.78 Å². The Morgan fingerprint density at radius 3 is 2.63 bits per heavy atom. The van der Waals surface area contributed by atoms with Crippen LogP contribution in [0.3, 0.4) is 0 Å². The fourth-order valence-electron chi connectivity index (χ4n) is 5.43. The van der Waals surface area contributed by atoms with Gasteiger partial charge < -0.3 is 26.0 Å². The Labute approximate surface area is 254 Å². The Kier molecular flexibility index (Phi) is 11.2. The van der Waals surface area contributed by atoms with E-state index in [4.69, 9.17) is 15.9 Å². The van der Waals surface area contributed by atoms with Crippen LogP contribution in [0.2, 0.25) is 0 Å². The first kappa shape index (κ1) is 32.9. The van der Waals surface area contributed by atoms with Crippen LogP contribution in [-0.2, 0) is 37.5 Å². The molecule has 43 heavy (non-hydrogen) atoms. The highest BCUT2D eigenvalue weighted by Crippen LogP contribution is 2.26. The number of thiophene rings is 1. The lowest BCUT2D eigenvalue weighted by atomic mass is 9.91. The number of hydrogen-bond acceptors (Lipinski definition) is 8. The van der Waals surface area contributed by atoms with Crippen molar-refractivity contribution < 1.29 is 31.5 Å². The number of nitrogen functional groups attached to an aromatic ring is 1. The highest BCUT2D eigenvalue weighted by Gasteiger charge is 2.42. The van der Waals surface area contributed by atoms with Crippen molar-refractivity contribution in [1.29, 1.82) is 5.41 Å². The van der Waals surface area contributed by atoms with Crippen molar-refractivity contribution in [3.05, 3.63) is 57.3 Å². The standard InChI is InChI=1S/C28H38F2N6O5S2/c1-43(39,40)35-23(6-2-17-8-10-33-11-9-17)28(38)36-15-20(41-16-18-3-4-19(29)12-22(18)30)13-24(36)27(37)34-14-21-5-7-25(42-21)26(31)32/h3-5,7,12,17,20,23-24,33,35H,2,6,8-11,13-16H2,1H3,(H3,31,32)(H,34,37)/t20-,23-,24+/m1/s1. The predicted molar refractivity (Wildman–Crippen MR) is 159 cm³/mol. The number of nitrogens with zero attached hydrogens (tertiary/aromatic N) is 1. The van der Waals surface area contributed by atoms with Crippen LogP contribution in [0.5, 0.6) is 0 Å². The van der Waals surface area contributed by atoms with E-state index in [0.29, 0.717) is 17.2 Å². The molecule has 0 unspecified atom stereocenters. The Bertz CT molecular complexity index is 1420. The van der Waals surface area contributed by atoms with Gasteiger partial charge in [0.25, 0.3) is 0 Å². The Morgan fingerprint density at radius 2 is 1.98 bits per heavy atom. The summed E-state index contributed by atoms with van der Waals surface area (Å²) in [5.74, 6) is -2.21. The third-order valence-corrected chi connectivity index (χ3v) is 9.51. The summed E-state index contributed by atoms with van der Waals surface area (Å²) < 4.78 is 60.4. The molecule has 6 N–H and O–H groups in total. The zero-order valence-corrected chi connectivity index (χ0v) is 25.5. The number of hydrogen-bond donors (Lipinski definition) is 5. The van der Waals surface area contributed by atoms with Crippen LogP contribution in [0.1, 0.15) is 47.4 Å². The molecular formula is C28H38F2N6O5S2. The highest BCUT2D eigenvalue weighted by molar-refractivity contribution is 7.88. The van der Waals surface area contributed by atoms with Crippen LogP contribution in [-0.4, -0.2) is 75.0 Å². The van der Waals surface area contributed by atoms with E-state index in [2.05, 4.69) is 15.4 Å². The first-order valence-electron chi connectivity index (χ1n) is 14.1. The number of benzene rings is 1. The second-order valence-corrected chi connectivity index (χ2v) is 14.0. The van der Waals surface area contributed by atoms with Crippen molar-refractivity contribution in [3.8, 4) is 0 Å². The molecule has 3 atom stereocenters. The lowest BCUT2D eigenvalue weighted by Crippen LogP contribution is -2.53. The van der Waals surface area contributed by atoms with E-state index in [9.17, 15) is 26.8 Å². The normalized spacial score (nSPS) is 20.2. The molecule has 4 rings (SSSR count). The minimum Gasteiger partial charge on any atom is -0.383 e. The second-order valence-electron chi connectivity index (χ2n) is 11.0. The Balaban J connectivity index is 1.49. The van der Waals surface area contributed by atoms with Gasteiger partial charge in [-0.25, -0.2) is 21.9 Å². The number of nitrogens with one attached hydrogen (secondary N) is 4. The molecule has 15 heteroatoms. The molecule has 236 valence electrons. The number of amides is 2. The van der Waals surface area contributed by atoms with Gasteiger partial charge in [-0.05, 0) is 62.9 Å². The maximum atomic E-state index is 14.2. The van der Waals surface area contributed by atoms with Gasteiger partial charge in [0.05, 0.1) is 30.4 Å². The average Bonchev–Trinajstić information content (AvgIpc) is 3.61. The van der Waals surface area contributed by atoms with Gasteiger partial charge in [0.2, 0.25) is 21.8 Å². The number of sulfonamides is 1. The zero-order chi connectivity index (χ0) is 31.1. The number of halogens is 2. The first-order chi connectivity index (χ1) is 20.4. The number of piperidine rings is 1. The number of carbonyl (C=O) groups excluding carboxylic acids is 2. The van der Waals surface area contributed by atoms with Gasteiger partial charge in [-0.2, -0.15) is 0 Å². The van der Waals surface area contributed by atoms with Gasteiger partial charge in [-0.15, -0.1) is 11.3 Å². The molecule has 2 amide bonds. The second kappa shape index (κ2) is 14.7. The maximum absolute atomic E-state index is 14.2. The fraction of sp³-hybridized carbons (Fsp3) is 0.536. The minimum absolute atomic E-state index is 0.0114. The van der Waals surface area contributed by atoms with Crippen molar-refractivity contribution >= 4 is 39.0 Å². The smallest absolute Gasteiger partial charge is 0.243 e. The van der Waals surface area contributed by atoms with E-state index in [1.54, 1.807) is 12.1 Å². The van der Waals surface area contributed by atoms with Crippen molar-refractivity contribution in [2.45, 2.75) is 63.4 Å². The lowest BCUT2D eigenvalue weighted by Gasteiger charge is -2.29. The summed E-state index contributed by atoms with van der Waals surface area (Å²) in [6.45, 7) is 1.66. The zero-order valence-electron chi connectivity index (χ0n) is 23.9. The molecule has 0 aliphatic carbocycles. The number of rotatable bonds is 13. The highest BCUT2D eigenvalue weighted by atomic mass is 32.2. The molecule has 2 aromatic rings. The van der Waals surface area contributed by atoms with E-state index in [1.807, 2.05) is 0 Å². The minimum atomic E-state index is -3.75. The summed E-state index contributed by atoms with van der Waals surface area (Å²) in [6.07, 6.45) is 3.22. The number of nitrogens with two attached hydrogens (primary N) is 1. The summed E-state index contributed by atoms with van der Waals surface area (Å²) in [5, 5.41) is 13.7. The largest absolute Gasteiger partial charge is 0.383 e. The molecule has 2 aliphatic heterocycles. The predicted octanol–water partition coefficient (Wildman–Crippen LogP) is 1.81. The molecular weight excluding hydrogens is 602 g/mol. The molecule has 0 spiro atoms. The number of carbonyl (C=O) groups is 2. The number of ether oxygens (including phenoxy) is 1. The van der Waals surface area contributed by atoms with Crippen molar-refractivity contribution in [2.75, 3.05) is 25.9 Å². The average molecular weight is 641 g/mol. The summed E-state index contributed by atoms with van der Waals surface area (Å²) in [6, 6.07) is 4.54. The molecule has 0 saturated carbocycles.